The summed E-state index contributed by atoms with van der Waals surface area (Å²) in [5, 5.41) is 0. The minimum atomic E-state index is -2.29. The fourth-order valence-electron chi connectivity index (χ4n) is 2.32. The third kappa shape index (κ3) is 4.36. The monoisotopic (exact) mass is 382 g/mol. The van der Waals surface area contributed by atoms with E-state index in [0.29, 0.717) is 17.8 Å². The van der Waals surface area contributed by atoms with E-state index < -0.39 is 16.8 Å². The van der Waals surface area contributed by atoms with Gasteiger partial charge in [-0.25, -0.2) is 17.2 Å². The molecule has 1 saturated carbocycles. The van der Waals surface area contributed by atoms with Gasteiger partial charge in [0.2, 0.25) is 0 Å². The van der Waals surface area contributed by atoms with E-state index in [1.165, 1.54) is 4.90 Å². The Hall–Kier alpha value is -0.266. The molecular formula is C14H17N2O3SY-3. The van der Waals surface area contributed by atoms with Gasteiger partial charge >= 0.3 is 0 Å². The third-order valence-corrected chi connectivity index (χ3v) is 4.07. The molecule has 2 rings (SSSR count). The van der Waals surface area contributed by atoms with Gasteiger partial charge < -0.3 is 14.2 Å². The van der Waals surface area contributed by atoms with E-state index in [9.17, 15) is 13.6 Å². The maximum atomic E-state index is 11.0. The molecule has 7 heteroatoms. The van der Waals surface area contributed by atoms with E-state index in [1.807, 2.05) is 25.5 Å². The SMILES string of the molecule is [CH2-]c1cc(C2(NS(=O)[O-])CC2)ccc1N([C-]=O)CCC.[Y]. The summed E-state index contributed by atoms with van der Waals surface area (Å²) in [6.45, 7) is 6.51. The number of anilines is 1. The number of carbonyl (C=O) groups excluding carboxylic acids is 1. The standard InChI is InChI=1S/C14H18N2O3S.Y/c1-3-8-16(10-17)13-5-4-12(9-11(13)2)14(6-7-14)15-20(18)19;/h4-5,9,15H,2-3,6-8H2,1H3,(H,18,19);/q-2;/p-1. The largest absolute Gasteiger partial charge is 0.760 e. The van der Waals surface area contributed by atoms with Crippen molar-refractivity contribution in [3.05, 3.63) is 36.2 Å². The molecule has 1 aromatic carbocycles. The van der Waals surface area contributed by atoms with Crippen molar-refractivity contribution < 1.29 is 46.3 Å². The summed E-state index contributed by atoms with van der Waals surface area (Å²) in [5.74, 6) is 0. The minimum absolute atomic E-state index is 0. The first-order chi connectivity index (χ1) is 9.52. The summed E-state index contributed by atoms with van der Waals surface area (Å²) >= 11 is -2.29. The minimum Gasteiger partial charge on any atom is -0.760 e. The molecule has 1 aromatic rings. The topological polar surface area (TPSA) is 72.5 Å². The Morgan fingerprint density at radius 1 is 1.52 bits per heavy atom. The second-order valence-electron chi connectivity index (χ2n) is 5.01. The summed E-state index contributed by atoms with van der Waals surface area (Å²) in [6.07, 6.45) is 4.28. The van der Waals surface area contributed by atoms with Gasteiger partial charge in [0.25, 0.3) is 0 Å². The number of amides is 1. The fourth-order valence-corrected chi connectivity index (χ4v) is 2.96. The van der Waals surface area contributed by atoms with Crippen LogP contribution in [0.5, 0.6) is 0 Å². The first kappa shape index (κ1) is 18.8. The van der Waals surface area contributed by atoms with Crippen molar-refractivity contribution in [2.24, 2.45) is 0 Å². The van der Waals surface area contributed by atoms with Crippen LogP contribution in [0.4, 0.5) is 5.69 Å². The van der Waals surface area contributed by atoms with Crippen LogP contribution in [0.1, 0.15) is 37.3 Å². The van der Waals surface area contributed by atoms with Gasteiger partial charge in [-0.05, 0) is 25.8 Å². The Morgan fingerprint density at radius 2 is 2.19 bits per heavy atom. The maximum absolute atomic E-state index is 11.0. The van der Waals surface area contributed by atoms with Gasteiger partial charge in [-0.3, -0.25) is 4.21 Å². The molecule has 113 valence electrons. The van der Waals surface area contributed by atoms with Crippen LogP contribution < -0.4 is 9.62 Å². The molecule has 1 fully saturated rings. The van der Waals surface area contributed by atoms with Crippen molar-refractivity contribution in [2.45, 2.75) is 31.7 Å². The van der Waals surface area contributed by atoms with Crippen LogP contribution in [0.25, 0.3) is 0 Å². The molecule has 1 aliphatic rings. The van der Waals surface area contributed by atoms with E-state index in [-0.39, 0.29) is 32.7 Å². The van der Waals surface area contributed by atoms with Crippen molar-refractivity contribution in [3.8, 4) is 0 Å². The first-order valence-corrected chi connectivity index (χ1v) is 7.59. The molecule has 1 amide bonds. The van der Waals surface area contributed by atoms with Gasteiger partial charge in [-0.2, -0.15) is 6.07 Å². The Balaban J connectivity index is 0.00000220. The zero-order chi connectivity index (χ0) is 14.8. The van der Waals surface area contributed by atoms with E-state index in [0.717, 1.165) is 24.8 Å². The summed E-state index contributed by atoms with van der Waals surface area (Å²) in [7, 11) is 0. The van der Waals surface area contributed by atoms with E-state index >= 15 is 0 Å². The van der Waals surface area contributed by atoms with Gasteiger partial charge in [0.15, 0.2) is 0 Å². The van der Waals surface area contributed by atoms with Crippen LogP contribution in [-0.4, -0.2) is 21.7 Å². The van der Waals surface area contributed by atoms with Crippen molar-refractivity contribution in [1.82, 2.24) is 4.72 Å². The molecule has 0 spiro atoms. The van der Waals surface area contributed by atoms with Crippen LogP contribution >= 0.6 is 0 Å². The summed E-state index contributed by atoms with van der Waals surface area (Å²) in [4.78, 5) is 12.5. The average molecular weight is 382 g/mol. The first-order valence-electron chi connectivity index (χ1n) is 6.51. The molecule has 1 unspecified atom stereocenters. The number of hydrogen-bond acceptors (Lipinski definition) is 3. The van der Waals surface area contributed by atoms with E-state index in [4.69, 9.17) is 0 Å². The average Bonchev–Trinajstić information content (AvgIpc) is 3.16. The van der Waals surface area contributed by atoms with E-state index in [2.05, 4.69) is 11.6 Å². The Kier molecular flexibility index (Phi) is 7.01. The smallest absolute Gasteiger partial charge is 0.0719 e. The molecule has 21 heavy (non-hydrogen) atoms. The molecule has 0 heterocycles. The Morgan fingerprint density at radius 3 is 2.62 bits per heavy atom. The number of rotatable bonds is 7. The van der Waals surface area contributed by atoms with Gasteiger partial charge in [0.05, 0.1) is 6.41 Å². The number of benzene rings is 1. The van der Waals surface area contributed by atoms with Crippen molar-refractivity contribution in [1.29, 1.82) is 0 Å². The Labute approximate surface area is 153 Å². The van der Waals surface area contributed by atoms with Gasteiger partial charge in [-0.15, -0.1) is 11.8 Å². The second-order valence-corrected chi connectivity index (χ2v) is 5.68. The summed E-state index contributed by atoms with van der Waals surface area (Å²) in [5.41, 5.74) is 1.81. The summed E-state index contributed by atoms with van der Waals surface area (Å²) in [6, 6.07) is 5.48. The molecule has 0 saturated heterocycles. The van der Waals surface area contributed by atoms with Gasteiger partial charge in [0, 0.05) is 49.5 Å². The summed E-state index contributed by atoms with van der Waals surface area (Å²) < 4.78 is 24.2. The second kappa shape index (κ2) is 7.83. The zero-order valence-electron chi connectivity index (χ0n) is 11.9. The van der Waals surface area contributed by atoms with Crippen molar-refractivity contribution in [3.63, 3.8) is 0 Å². The Bertz CT molecular complexity index is 535. The normalized spacial score (nSPS) is 16.7. The molecule has 1 atom stereocenters. The number of hydrogen-bond donors (Lipinski definition) is 1. The van der Waals surface area contributed by atoms with Crippen LogP contribution in [0, 0.1) is 6.92 Å². The molecule has 5 nitrogen and oxygen atoms in total. The van der Waals surface area contributed by atoms with E-state index in [1.54, 1.807) is 6.07 Å². The zero-order valence-corrected chi connectivity index (χ0v) is 15.6. The molecule has 1 radical (unpaired) electrons. The maximum Gasteiger partial charge on any atom is 0.0719 e. The molecular weight excluding hydrogens is 365 g/mol. The van der Waals surface area contributed by atoms with Gasteiger partial charge in [0.1, 0.15) is 0 Å². The molecule has 0 aromatic heterocycles. The van der Waals surface area contributed by atoms with Crippen LogP contribution in [0.15, 0.2) is 18.2 Å². The quantitative estimate of drug-likeness (QED) is 0.442. The van der Waals surface area contributed by atoms with Crippen LogP contribution in [0.2, 0.25) is 0 Å². The molecule has 0 bridgehead atoms. The van der Waals surface area contributed by atoms with Gasteiger partial charge in [-0.1, -0.05) is 18.6 Å². The van der Waals surface area contributed by atoms with Crippen LogP contribution in [0.3, 0.4) is 0 Å². The third-order valence-electron chi connectivity index (χ3n) is 3.51. The molecule has 1 aliphatic carbocycles. The molecule has 1 N–H and O–H groups in total. The van der Waals surface area contributed by atoms with Crippen molar-refractivity contribution in [2.75, 3.05) is 11.4 Å². The predicted molar refractivity (Wildman–Crippen MR) is 77.2 cm³/mol. The fraction of sp³-hybridized carbons (Fsp3) is 0.429. The number of nitrogens with one attached hydrogen (secondary N) is 1. The number of nitrogens with zero attached hydrogens (tertiary/aromatic N) is 1. The van der Waals surface area contributed by atoms with Crippen molar-refractivity contribution >= 4 is 23.4 Å². The van der Waals surface area contributed by atoms with Crippen LogP contribution in [-0.2, 0) is 54.3 Å². The predicted octanol–water partition coefficient (Wildman–Crippen LogP) is 1.52. The molecule has 0 aliphatic heterocycles.